The number of hydrogen-bond acceptors (Lipinski definition) is 2. The Morgan fingerprint density at radius 2 is 2.08 bits per heavy atom. The highest BCUT2D eigenvalue weighted by atomic mass is 15.4. The summed E-state index contributed by atoms with van der Waals surface area (Å²) in [6.07, 6.45) is 1.03. The van der Waals surface area contributed by atoms with Gasteiger partial charge in [0.25, 0.3) is 0 Å². The van der Waals surface area contributed by atoms with Gasteiger partial charge in [-0.25, -0.2) is 0 Å². The third kappa shape index (κ3) is 2.60. The Bertz CT molecular complexity index is 162. The highest BCUT2D eigenvalue weighted by molar-refractivity contribution is 5.78. The molecule has 0 atom stereocenters. The number of nitrogens with two attached hydrogens (primary N) is 1. The summed E-state index contributed by atoms with van der Waals surface area (Å²) in [7, 11) is 3.68. The van der Waals surface area contributed by atoms with Gasteiger partial charge in [-0.3, -0.25) is 0 Å². The lowest BCUT2D eigenvalue weighted by molar-refractivity contribution is 0.242. The van der Waals surface area contributed by atoms with Crippen LogP contribution in [-0.2, 0) is 0 Å². The van der Waals surface area contributed by atoms with E-state index in [9.17, 15) is 0 Å². The fourth-order valence-corrected chi connectivity index (χ4v) is 0.737. The SMILES string of the molecule is CCC(C)(C)N(C)/C(N)=N/NC. The number of nitrogens with zero attached hydrogens (tertiary/aromatic N) is 2. The van der Waals surface area contributed by atoms with Crippen molar-refractivity contribution in [2.45, 2.75) is 32.7 Å². The summed E-state index contributed by atoms with van der Waals surface area (Å²) >= 11 is 0. The molecule has 0 radical (unpaired) electrons. The van der Waals surface area contributed by atoms with E-state index < -0.39 is 0 Å². The molecule has 0 aliphatic heterocycles. The van der Waals surface area contributed by atoms with Gasteiger partial charge in [-0.05, 0) is 20.3 Å². The second-order valence-corrected chi connectivity index (χ2v) is 3.42. The van der Waals surface area contributed by atoms with E-state index in [2.05, 4.69) is 31.3 Å². The summed E-state index contributed by atoms with van der Waals surface area (Å²) in [5, 5.41) is 3.91. The quantitative estimate of drug-likeness (QED) is 0.371. The fraction of sp³-hybridized carbons (Fsp3) is 0.875. The molecule has 12 heavy (non-hydrogen) atoms. The zero-order valence-electron chi connectivity index (χ0n) is 8.68. The van der Waals surface area contributed by atoms with E-state index in [4.69, 9.17) is 5.73 Å². The highest BCUT2D eigenvalue weighted by Gasteiger charge is 2.22. The first-order valence-electron chi connectivity index (χ1n) is 4.19. The maximum atomic E-state index is 5.70. The normalized spacial score (nSPS) is 12.9. The van der Waals surface area contributed by atoms with Crippen molar-refractivity contribution in [2.24, 2.45) is 10.8 Å². The van der Waals surface area contributed by atoms with Crippen molar-refractivity contribution in [1.82, 2.24) is 10.3 Å². The molecule has 3 N–H and O–H groups in total. The number of rotatable bonds is 3. The fourth-order valence-electron chi connectivity index (χ4n) is 0.737. The van der Waals surface area contributed by atoms with Crippen LogP contribution in [0.3, 0.4) is 0 Å². The van der Waals surface area contributed by atoms with Gasteiger partial charge in [0.15, 0.2) is 0 Å². The average Bonchev–Trinajstić information content (AvgIpc) is 2.03. The number of hydrogen-bond donors (Lipinski definition) is 2. The van der Waals surface area contributed by atoms with Crippen LogP contribution in [0.5, 0.6) is 0 Å². The van der Waals surface area contributed by atoms with Crippen LogP contribution in [0.25, 0.3) is 0 Å². The molecule has 0 rings (SSSR count). The lowest BCUT2D eigenvalue weighted by Gasteiger charge is -2.35. The molecule has 0 aromatic heterocycles. The molecule has 0 aliphatic rings. The highest BCUT2D eigenvalue weighted by Crippen LogP contribution is 2.15. The standard InChI is InChI=1S/C8H20N4/c1-6-8(2,3)12(5)7(9)11-10-4/h10H,6H2,1-5H3,(H2,9,11). The number of guanidine groups is 1. The van der Waals surface area contributed by atoms with Crippen molar-refractivity contribution in [2.75, 3.05) is 14.1 Å². The van der Waals surface area contributed by atoms with Gasteiger partial charge in [0.1, 0.15) is 0 Å². The lowest BCUT2D eigenvalue weighted by atomic mass is 10.0. The molecule has 0 saturated carbocycles. The Hall–Kier alpha value is -0.930. The van der Waals surface area contributed by atoms with Crippen LogP contribution in [0.2, 0.25) is 0 Å². The Kier molecular flexibility index (Phi) is 3.86. The minimum absolute atomic E-state index is 0.0600. The first-order chi connectivity index (χ1) is 5.45. The Balaban J connectivity index is 4.37. The Morgan fingerprint density at radius 1 is 1.58 bits per heavy atom. The molecule has 0 amide bonds. The summed E-state index contributed by atoms with van der Waals surface area (Å²) in [5.41, 5.74) is 8.43. The van der Waals surface area contributed by atoms with Crippen molar-refractivity contribution in [3.63, 3.8) is 0 Å². The van der Waals surface area contributed by atoms with Crippen LogP contribution in [0.4, 0.5) is 0 Å². The van der Waals surface area contributed by atoms with Crippen molar-refractivity contribution >= 4 is 5.96 Å². The van der Waals surface area contributed by atoms with Crippen LogP contribution < -0.4 is 11.2 Å². The summed E-state index contributed by atoms with van der Waals surface area (Å²) in [5.74, 6) is 0.518. The summed E-state index contributed by atoms with van der Waals surface area (Å²) in [6, 6.07) is 0. The Morgan fingerprint density at radius 3 is 2.42 bits per heavy atom. The van der Waals surface area contributed by atoms with Crippen molar-refractivity contribution in [3.8, 4) is 0 Å². The molecule has 0 spiro atoms. The van der Waals surface area contributed by atoms with Gasteiger partial charge in [0, 0.05) is 19.6 Å². The molecule has 72 valence electrons. The zero-order valence-corrected chi connectivity index (χ0v) is 8.68. The lowest BCUT2D eigenvalue weighted by Crippen LogP contribution is -2.48. The van der Waals surface area contributed by atoms with Gasteiger partial charge in [0.05, 0.1) is 0 Å². The molecule has 0 fully saturated rings. The van der Waals surface area contributed by atoms with Gasteiger partial charge in [-0.2, -0.15) is 0 Å². The van der Waals surface area contributed by atoms with Gasteiger partial charge in [-0.1, -0.05) is 6.92 Å². The van der Waals surface area contributed by atoms with Crippen LogP contribution >= 0.6 is 0 Å². The number of hydrazone groups is 1. The summed E-state index contributed by atoms with van der Waals surface area (Å²) in [4.78, 5) is 1.96. The Labute approximate surface area is 74.8 Å². The minimum Gasteiger partial charge on any atom is -0.368 e. The topological polar surface area (TPSA) is 53.6 Å². The molecule has 0 saturated heterocycles. The van der Waals surface area contributed by atoms with Gasteiger partial charge >= 0.3 is 0 Å². The molecule has 0 aromatic carbocycles. The van der Waals surface area contributed by atoms with Crippen molar-refractivity contribution < 1.29 is 0 Å². The summed E-state index contributed by atoms with van der Waals surface area (Å²) in [6.45, 7) is 6.39. The van der Waals surface area contributed by atoms with Gasteiger partial charge < -0.3 is 16.1 Å². The minimum atomic E-state index is 0.0600. The monoisotopic (exact) mass is 172 g/mol. The predicted molar refractivity (Wildman–Crippen MR) is 52.8 cm³/mol. The van der Waals surface area contributed by atoms with E-state index >= 15 is 0 Å². The van der Waals surface area contributed by atoms with Crippen molar-refractivity contribution in [3.05, 3.63) is 0 Å². The van der Waals surface area contributed by atoms with E-state index in [1.807, 2.05) is 11.9 Å². The molecular weight excluding hydrogens is 152 g/mol. The zero-order chi connectivity index (χ0) is 9.78. The molecule has 0 unspecified atom stereocenters. The molecule has 0 bridgehead atoms. The number of nitrogens with one attached hydrogen (secondary N) is 1. The molecule has 0 aliphatic carbocycles. The maximum Gasteiger partial charge on any atom is 0.213 e. The van der Waals surface area contributed by atoms with Crippen LogP contribution in [-0.4, -0.2) is 30.5 Å². The van der Waals surface area contributed by atoms with Crippen LogP contribution in [0.1, 0.15) is 27.2 Å². The first kappa shape index (κ1) is 11.1. The van der Waals surface area contributed by atoms with Crippen molar-refractivity contribution in [1.29, 1.82) is 0 Å². The summed E-state index contributed by atoms with van der Waals surface area (Å²) < 4.78 is 0. The third-order valence-electron chi connectivity index (χ3n) is 2.34. The van der Waals surface area contributed by atoms with E-state index in [0.29, 0.717) is 5.96 Å². The molecule has 0 heterocycles. The largest absolute Gasteiger partial charge is 0.368 e. The van der Waals surface area contributed by atoms with Crippen LogP contribution in [0, 0.1) is 0 Å². The van der Waals surface area contributed by atoms with Gasteiger partial charge in [0.2, 0.25) is 5.96 Å². The third-order valence-corrected chi connectivity index (χ3v) is 2.34. The van der Waals surface area contributed by atoms with Crippen LogP contribution in [0.15, 0.2) is 5.10 Å². The van der Waals surface area contributed by atoms with E-state index in [1.165, 1.54) is 0 Å². The molecule has 4 heteroatoms. The maximum absolute atomic E-state index is 5.70. The van der Waals surface area contributed by atoms with E-state index in [-0.39, 0.29) is 5.54 Å². The molecule has 4 nitrogen and oxygen atoms in total. The predicted octanol–water partition coefficient (Wildman–Crippen LogP) is 0.556. The smallest absolute Gasteiger partial charge is 0.213 e. The molecule has 0 aromatic rings. The molecular formula is C8H20N4. The van der Waals surface area contributed by atoms with E-state index in [1.54, 1.807) is 7.05 Å². The first-order valence-corrected chi connectivity index (χ1v) is 4.19. The second-order valence-electron chi connectivity index (χ2n) is 3.42. The van der Waals surface area contributed by atoms with Gasteiger partial charge in [-0.15, -0.1) is 5.10 Å². The average molecular weight is 172 g/mol. The van der Waals surface area contributed by atoms with E-state index in [0.717, 1.165) is 6.42 Å². The second kappa shape index (κ2) is 4.18.